The molecule has 0 N–H and O–H groups in total. The number of aryl methyl sites for hydroxylation is 1. The lowest BCUT2D eigenvalue weighted by Gasteiger charge is -2.40. The lowest BCUT2D eigenvalue weighted by atomic mass is 9.86. The van der Waals surface area contributed by atoms with Gasteiger partial charge in [0.1, 0.15) is 5.54 Å². The summed E-state index contributed by atoms with van der Waals surface area (Å²) < 4.78 is 1.80. The zero-order valence-electron chi connectivity index (χ0n) is 14.3. The van der Waals surface area contributed by atoms with Gasteiger partial charge in [-0.25, -0.2) is 4.79 Å². The Hall–Kier alpha value is -1.89. The second kappa shape index (κ2) is 5.63. The summed E-state index contributed by atoms with van der Waals surface area (Å²) in [6, 6.07) is -0.254. The highest BCUT2D eigenvalue weighted by molar-refractivity contribution is 6.07. The summed E-state index contributed by atoms with van der Waals surface area (Å²) in [4.78, 5) is 30.7. The van der Waals surface area contributed by atoms with E-state index >= 15 is 0 Å². The van der Waals surface area contributed by atoms with Gasteiger partial charge in [0.15, 0.2) is 0 Å². The Labute approximate surface area is 136 Å². The first-order valence-electron chi connectivity index (χ1n) is 8.16. The summed E-state index contributed by atoms with van der Waals surface area (Å²) in [7, 11) is 3.67. The average molecular weight is 319 g/mol. The number of carbonyl (C=O) groups excluding carboxylic acids is 2. The van der Waals surface area contributed by atoms with Crippen molar-refractivity contribution < 1.29 is 9.59 Å². The minimum atomic E-state index is -0.646. The Morgan fingerprint density at radius 3 is 2.35 bits per heavy atom. The smallest absolute Gasteiger partial charge is 0.312 e. The Morgan fingerprint density at radius 2 is 1.87 bits per heavy atom. The predicted octanol–water partition coefficient (Wildman–Crippen LogP) is 1.06. The van der Waals surface area contributed by atoms with E-state index in [0.717, 1.165) is 19.6 Å². The number of hydrogen-bond acceptors (Lipinski definition) is 4. The number of likely N-dealkylation sites (N-methyl/N-ethyl adjacent to an activating group) is 1. The molecule has 3 rings (SSSR count). The van der Waals surface area contributed by atoms with Crippen molar-refractivity contribution in [1.82, 2.24) is 24.5 Å². The number of aromatic nitrogens is 2. The number of imide groups is 1. The molecule has 0 aliphatic carbocycles. The highest BCUT2D eigenvalue weighted by Crippen LogP contribution is 2.37. The van der Waals surface area contributed by atoms with Gasteiger partial charge in [-0.05, 0) is 26.7 Å². The Balaban J connectivity index is 1.70. The summed E-state index contributed by atoms with van der Waals surface area (Å²) in [5.41, 5.74) is 0.529. The van der Waals surface area contributed by atoms with Crippen LogP contribution in [0.3, 0.4) is 0 Å². The van der Waals surface area contributed by atoms with Gasteiger partial charge in [-0.3, -0.25) is 19.3 Å². The zero-order chi connectivity index (χ0) is 16.8. The van der Waals surface area contributed by atoms with Crippen molar-refractivity contribution in [3.63, 3.8) is 0 Å². The molecular formula is C16H25N5O2. The molecule has 0 atom stereocenters. The standard InChI is InChI=1S/C16H25N5O2/c1-12(2)21-14(22)16(19(4)15(21)23)5-7-20(8-6-16)11-13-9-17-18(3)10-13/h9-10,12H,5-8,11H2,1-4H3. The Bertz CT molecular complexity index is 616. The van der Waals surface area contributed by atoms with Gasteiger partial charge in [-0.1, -0.05) is 0 Å². The molecule has 2 saturated heterocycles. The molecule has 2 aliphatic rings. The quantitative estimate of drug-likeness (QED) is 0.782. The monoisotopic (exact) mass is 319 g/mol. The number of amides is 3. The zero-order valence-corrected chi connectivity index (χ0v) is 14.3. The second-order valence-corrected chi connectivity index (χ2v) is 6.94. The molecule has 0 bridgehead atoms. The minimum Gasteiger partial charge on any atom is -0.312 e. The molecule has 1 aromatic rings. The molecule has 3 amide bonds. The Morgan fingerprint density at radius 1 is 1.22 bits per heavy atom. The minimum absolute atomic E-state index is 0.0268. The summed E-state index contributed by atoms with van der Waals surface area (Å²) in [5.74, 6) is -0.0268. The van der Waals surface area contributed by atoms with E-state index in [2.05, 4.69) is 10.00 Å². The van der Waals surface area contributed by atoms with Gasteiger partial charge in [0.25, 0.3) is 5.91 Å². The molecule has 7 heteroatoms. The van der Waals surface area contributed by atoms with E-state index in [-0.39, 0.29) is 18.0 Å². The van der Waals surface area contributed by atoms with Crippen molar-refractivity contribution in [3.05, 3.63) is 18.0 Å². The highest BCUT2D eigenvalue weighted by Gasteiger charge is 2.56. The first-order chi connectivity index (χ1) is 10.8. The van der Waals surface area contributed by atoms with Gasteiger partial charge >= 0.3 is 6.03 Å². The molecule has 1 aromatic heterocycles. The van der Waals surface area contributed by atoms with Crippen LogP contribution in [0.5, 0.6) is 0 Å². The predicted molar refractivity (Wildman–Crippen MR) is 85.6 cm³/mol. The lowest BCUT2D eigenvalue weighted by Crippen LogP contribution is -2.55. The molecule has 2 fully saturated rings. The summed E-state index contributed by atoms with van der Waals surface area (Å²) >= 11 is 0. The van der Waals surface area contributed by atoms with Gasteiger partial charge in [0.05, 0.1) is 6.20 Å². The third-order valence-corrected chi connectivity index (χ3v) is 5.12. The highest BCUT2D eigenvalue weighted by atomic mass is 16.2. The van der Waals surface area contributed by atoms with Crippen molar-refractivity contribution in [3.8, 4) is 0 Å². The van der Waals surface area contributed by atoms with Crippen LogP contribution >= 0.6 is 0 Å². The van der Waals surface area contributed by atoms with Crippen LogP contribution in [0.1, 0.15) is 32.3 Å². The summed E-state index contributed by atoms with van der Waals surface area (Å²) in [6.07, 6.45) is 5.28. The van der Waals surface area contributed by atoms with Gasteiger partial charge in [-0.15, -0.1) is 0 Å². The molecule has 1 spiro atoms. The van der Waals surface area contributed by atoms with Gasteiger partial charge in [-0.2, -0.15) is 5.10 Å². The maximum atomic E-state index is 12.8. The molecule has 2 aliphatic heterocycles. The molecule has 7 nitrogen and oxygen atoms in total. The van der Waals surface area contributed by atoms with Crippen LogP contribution in [0.15, 0.2) is 12.4 Å². The maximum Gasteiger partial charge on any atom is 0.327 e. The van der Waals surface area contributed by atoms with Crippen molar-refractivity contribution in [1.29, 1.82) is 0 Å². The molecule has 23 heavy (non-hydrogen) atoms. The van der Waals surface area contributed by atoms with Gasteiger partial charge < -0.3 is 4.90 Å². The fraction of sp³-hybridized carbons (Fsp3) is 0.688. The molecule has 0 aromatic carbocycles. The topological polar surface area (TPSA) is 61.7 Å². The van der Waals surface area contributed by atoms with E-state index in [1.165, 1.54) is 10.5 Å². The van der Waals surface area contributed by atoms with Crippen LogP contribution in [0.4, 0.5) is 4.79 Å². The number of rotatable bonds is 3. The van der Waals surface area contributed by atoms with Crippen LogP contribution in [-0.2, 0) is 18.4 Å². The average Bonchev–Trinajstić information content (AvgIpc) is 2.98. The van der Waals surface area contributed by atoms with Crippen LogP contribution in [0.25, 0.3) is 0 Å². The third-order valence-electron chi connectivity index (χ3n) is 5.12. The first-order valence-corrected chi connectivity index (χ1v) is 8.16. The SMILES string of the molecule is CC(C)N1C(=O)N(C)C2(CCN(Cc3cnn(C)c3)CC2)C1=O. The summed E-state index contributed by atoms with van der Waals surface area (Å²) in [6.45, 7) is 6.23. The number of nitrogens with zero attached hydrogens (tertiary/aromatic N) is 5. The fourth-order valence-electron chi connectivity index (χ4n) is 3.70. The number of likely N-dealkylation sites (tertiary alicyclic amines) is 1. The molecule has 3 heterocycles. The van der Waals surface area contributed by atoms with Crippen molar-refractivity contribution >= 4 is 11.9 Å². The van der Waals surface area contributed by atoms with Crippen LogP contribution in [0, 0.1) is 0 Å². The van der Waals surface area contributed by atoms with E-state index in [9.17, 15) is 9.59 Å². The molecule has 0 saturated carbocycles. The number of hydrogen-bond donors (Lipinski definition) is 0. The van der Waals surface area contributed by atoms with Crippen molar-refractivity contribution in [2.45, 2.75) is 44.8 Å². The van der Waals surface area contributed by atoms with E-state index in [0.29, 0.717) is 12.8 Å². The number of carbonyl (C=O) groups is 2. The fourth-order valence-corrected chi connectivity index (χ4v) is 3.70. The first kappa shape index (κ1) is 16.0. The third kappa shape index (κ3) is 2.52. The van der Waals surface area contributed by atoms with Crippen LogP contribution in [0.2, 0.25) is 0 Å². The molecule has 0 unspecified atom stereocenters. The number of urea groups is 1. The van der Waals surface area contributed by atoms with E-state index in [4.69, 9.17) is 0 Å². The largest absolute Gasteiger partial charge is 0.327 e. The normalized spacial score (nSPS) is 22.0. The lowest BCUT2D eigenvalue weighted by molar-refractivity contribution is -0.136. The number of piperidine rings is 1. The van der Waals surface area contributed by atoms with Crippen LogP contribution in [-0.4, -0.2) is 68.1 Å². The van der Waals surface area contributed by atoms with Crippen LogP contribution < -0.4 is 0 Å². The molecular weight excluding hydrogens is 294 g/mol. The molecule has 0 radical (unpaired) electrons. The van der Waals surface area contributed by atoms with Gasteiger partial charge in [0, 0.05) is 51.5 Å². The van der Waals surface area contributed by atoms with E-state index in [1.807, 2.05) is 33.3 Å². The Kier molecular flexibility index (Phi) is 3.91. The van der Waals surface area contributed by atoms with E-state index < -0.39 is 5.54 Å². The van der Waals surface area contributed by atoms with E-state index in [1.54, 1.807) is 16.6 Å². The second-order valence-electron chi connectivity index (χ2n) is 6.94. The maximum absolute atomic E-state index is 12.8. The van der Waals surface area contributed by atoms with Crippen molar-refractivity contribution in [2.75, 3.05) is 20.1 Å². The van der Waals surface area contributed by atoms with Gasteiger partial charge in [0.2, 0.25) is 0 Å². The summed E-state index contributed by atoms with van der Waals surface area (Å²) in [5, 5.41) is 4.19. The van der Waals surface area contributed by atoms with Crippen molar-refractivity contribution in [2.24, 2.45) is 7.05 Å². The molecule has 126 valence electrons.